The highest BCUT2D eigenvalue weighted by atomic mass is 19.3. The van der Waals surface area contributed by atoms with Crippen molar-refractivity contribution in [3.05, 3.63) is 36.1 Å². The molecule has 0 saturated carbocycles. The predicted molar refractivity (Wildman–Crippen MR) is 64.9 cm³/mol. The molecule has 0 fully saturated rings. The highest BCUT2D eigenvalue weighted by Gasteiger charge is 2.43. The van der Waals surface area contributed by atoms with Crippen molar-refractivity contribution in [2.75, 3.05) is 0 Å². The van der Waals surface area contributed by atoms with Crippen LogP contribution in [0.25, 0.3) is 0 Å². The molecule has 3 atom stereocenters. The lowest BCUT2D eigenvalue weighted by Gasteiger charge is -2.33. The second-order valence-corrected chi connectivity index (χ2v) is 4.91. The summed E-state index contributed by atoms with van der Waals surface area (Å²) in [4.78, 5) is 11.0. The third-order valence-electron chi connectivity index (χ3n) is 3.35. The van der Waals surface area contributed by atoms with E-state index in [1.807, 2.05) is 0 Å². The molecule has 1 aliphatic heterocycles. The molecule has 0 radical (unpaired) electrons. The molecule has 1 aliphatic carbocycles. The van der Waals surface area contributed by atoms with Gasteiger partial charge in [0.1, 0.15) is 5.92 Å². The minimum atomic E-state index is -2.74. The van der Waals surface area contributed by atoms with Gasteiger partial charge in [0.25, 0.3) is 0 Å². The monoisotopic (exact) mass is 289 g/mol. The zero-order valence-electron chi connectivity index (χ0n) is 10.6. The first kappa shape index (κ1) is 14.6. The summed E-state index contributed by atoms with van der Waals surface area (Å²) in [7, 11) is 0. The van der Waals surface area contributed by atoms with Crippen LogP contribution in [-0.2, 0) is 4.79 Å². The van der Waals surface area contributed by atoms with E-state index in [2.05, 4.69) is 5.43 Å². The standard InChI is InChI=1S/C12H14F3N3O2/c1-11(4-5-18(17-11)10(13)14)7-2-3-12(15,16)8(6-7)9(19)20/h2-6,8,10,17H,16H2,1H3,(H,19,20). The van der Waals surface area contributed by atoms with Gasteiger partial charge in [-0.3, -0.25) is 15.5 Å². The van der Waals surface area contributed by atoms with Crippen LogP contribution in [0.15, 0.2) is 36.1 Å². The van der Waals surface area contributed by atoms with Gasteiger partial charge in [0.2, 0.25) is 0 Å². The van der Waals surface area contributed by atoms with E-state index in [1.54, 1.807) is 6.92 Å². The number of rotatable bonds is 3. The Hall–Kier alpha value is -1.80. The topological polar surface area (TPSA) is 78.6 Å². The molecule has 0 saturated heterocycles. The first-order valence-corrected chi connectivity index (χ1v) is 5.81. The van der Waals surface area contributed by atoms with Gasteiger partial charge in [-0.1, -0.05) is 12.2 Å². The molecule has 20 heavy (non-hydrogen) atoms. The molecule has 3 unspecified atom stereocenters. The molecule has 0 amide bonds. The average Bonchev–Trinajstić information content (AvgIpc) is 2.72. The van der Waals surface area contributed by atoms with Crippen molar-refractivity contribution in [2.24, 2.45) is 11.7 Å². The van der Waals surface area contributed by atoms with Crippen molar-refractivity contribution >= 4 is 5.97 Å². The summed E-state index contributed by atoms with van der Waals surface area (Å²) < 4.78 is 39.0. The van der Waals surface area contributed by atoms with Crippen LogP contribution in [0.4, 0.5) is 13.2 Å². The van der Waals surface area contributed by atoms with Gasteiger partial charge in [-0.05, 0) is 24.6 Å². The Labute approximate surface area is 113 Å². The van der Waals surface area contributed by atoms with Crippen LogP contribution in [0.5, 0.6) is 0 Å². The van der Waals surface area contributed by atoms with Crippen LogP contribution in [-0.4, -0.2) is 34.0 Å². The maximum absolute atomic E-state index is 13.9. The van der Waals surface area contributed by atoms with Crippen LogP contribution < -0.4 is 11.2 Å². The quantitative estimate of drug-likeness (QED) is 0.679. The number of nitrogens with zero attached hydrogens (tertiary/aromatic N) is 1. The highest BCUT2D eigenvalue weighted by Crippen LogP contribution is 2.34. The van der Waals surface area contributed by atoms with E-state index in [1.165, 1.54) is 12.2 Å². The largest absolute Gasteiger partial charge is 0.481 e. The van der Waals surface area contributed by atoms with Crippen molar-refractivity contribution in [3.63, 3.8) is 0 Å². The number of alkyl halides is 3. The maximum atomic E-state index is 13.9. The molecule has 0 aromatic rings. The first-order valence-electron chi connectivity index (χ1n) is 5.81. The van der Waals surface area contributed by atoms with Gasteiger partial charge in [-0.15, -0.1) is 0 Å². The Morgan fingerprint density at radius 3 is 2.70 bits per heavy atom. The molecule has 0 spiro atoms. The fraction of sp³-hybridized carbons (Fsp3) is 0.417. The predicted octanol–water partition coefficient (Wildman–Crippen LogP) is 1.12. The smallest absolute Gasteiger partial charge is 0.327 e. The number of nitrogens with two attached hydrogens (primary N) is 1. The minimum Gasteiger partial charge on any atom is -0.481 e. The molecular formula is C12H14F3N3O2. The van der Waals surface area contributed by atoms with Crippen molar-refractivity contribution in [3.8, 4) is 0 Å². The lowest BCUT2D eigenvalue weighted by atomic mass is 9.82. The minimum absolute atomic E-state index is 0.350. The summed E-state index contributed by atoms with van der Waals surface area (Å²) in [5.41, 5.74) is 7.08. The Morgan fingerprint density at radius 2 is 2.20 bits per heavy atom. The third kappa shape index (κ3) is 2.44. The lowest BCUT2D eigenvalue weighted by molar-refractivity contribution is -0.143. The normalized spacial score (nSPS) is 36.6. The number of hydrazine groups is 1. The molecule has 110 valence electrons. The van der Waals surface area contributed by atoms with Gasteiger partial charge in [0.15, 0.2) is 5.79 Å². The molecule has 0 bridgehead atoms. The summed E-state index contributed by atoms with van der Waals surface area (Å²) in [5.74, 6) is -5.50. The zero-order valence-corrected chi connectivity index (χ0v) is 10.6. The van der Waals surface area contributed by atoms with E-state index in [-0.39, 0.29) is 0 Å². The summed E-state index contributed by atoms with van der Waals surface area (Å²) in [6, 6.07) is 0. The summed E-state index contributed by atoms with van der Waals surface area (Å²) in [5, 5.41) is 9.58. The molecule has 2 aliphatic rings. The van der Waals surface area contributed by atoms with Gasteiger partial charge in [-0.25, -0.2) is 9.82 Å². The van der Waals surface area contributed by atoms with Gasteiger partial charge in [-0.2, -0.15) is 8.78 Å². The van der Waals surface area contributed by atoms with E-state index < -0.39 is 29.8 Å². The average molecular weight is 289 g/mol. The number of carboxylic acid groups (broad SMARTS) is 1. The van der Waals surface area contributed by atoms with Gasteiger partial charge < -0.3 is 5.11 Å². The second-order valence-electron chi connectivity index (χ2n) is 4.91. The Morgan fingerprint density at radius 1 is 1.55 bits per heavy atom. The van der Waals surface area contributed by atoms with E-state index in [4.69, 9.17) is 10.8 Å². The Balaban J connectivity index is 2.29. The third-order valence-corrected chi connectivity index (χ3v) is 3.35. The molecular weight excluding hydrogens is 275 g/mol. The van der Waals surface area contributed by atoms with Crippen molar-refractivity contribution in [1.82, 2.24) is 10.4 Å². The van der Waals surface area contributed by atoms with E-state index in [0.717, 1.165) is 18.4 Å². The number of carbonyl (C=O) groups is 1. The Kier molecular flexibility index (Phi) is 3.39. The molecule has 0 aromatic carbocycles. The van der Waals surface area contributed by atoms with Crippen molar-refractivity contribution in [1.29, 1.82) is 0 Å². The van der Waals surface area contributed by atoms with Crippen LogP contribution in [0, 0.1) is 5.92 Å². The maximum Gasteiger partial charge on any atom is 0.327 e. The van der Waals surface area contributed by atoms with Crippen LogP contribution in [0.1, 0.15) is 6.92 Å². The molecule has 8 heteroatoms. The summed E-state index contributed by atoms with van der Waals surface area (Å²) in [6.07, 6.45) is 5.94. The van der Waals surface area contributed by atoms with Crippen LogP contribution >= 0.6 is 0 Å². The number of hydrogen-bond donors (Lipinski definition) is 3. The number of nitrogens with one attached hydrogen (secondary N) is 1. The molecule has 4 N–H and O–H groups in total. The summed E-state index contributed by atoms with van der Waals surface area (Å²) >= 11 is 0. The highest BCUT2D eigenvalue weighted by molar-refractivity contribution is 5.75. The number of hydrogen-bond acceptors (Lipinski definition) is 4. The molecule has 0 aromatic heterocycles. The SMILES string of the molecule is CC1(C2=CC(C(=O)O)C(N)(F)C=C2)C=CN(C(F)F)N1. The summed E-state index contributed by atoms with van der Waals surface area (Å²) in [6.45, 7) is -1.17. The number of aliphatic carboxylic acids is 1. The van der Waals surface area contributed by atoms with E-state index >= 15 is 0 Å². The van der Waals surface area contributed by atoms with Crippen LogP contribution in [0.2, 0.25) is 0 Å². The Bertz CT molecular complexity index is 516. The van der Waals surface area contributed by atoms with E-state index in [9.17, 15) is 18.0 Å². The fourth-order valence-corrected chi connectivity index (χ4v) is 2.14. The molecule has 5 nitrogen and oxygen atoms in total. The lowest BCUT2D eigenvalue weighted by Crippen LogP contribution is -2.50. The number of carboxylic acids is 1. The van der Waals surface area contributed by atoms with Crippen molar-refractivity contribution in [2.45, 2.75) is 24.8 Å². The number of halogens is 3. The van der Waals surface area contributed by atoms with Gasteiger partial charge in [0.05, 0.1) is 5.54 Å². The molecule has 2 rings (SSSR count). The first-order chi connectivity index (χ1) is 9.16. The van der Waals surface area contributed by atoms with Crippen molar-refractivity contribution < 1.29 is 23.1 Å². The zero-order chi connectivity index (χ0) is 15.1. The van der Waals surface area contributed by atoms with E-state index in [0.29, 0.717) is 10.6 Å². The van der Waals surface area contributed by atoms with Crippen LogP contribution in [0.3, 0.4) is 0 Å². The molecule has 1 heterocycles. The second kappa shape index (κ2) is 4.64. The van der Waals surface area contributed by atoms with Gasteiger partial charge in [0, 0.05) is 6.20 Å². The fourth-order valence-electron chi connectivity index (χ4n) is 2.14. The van der Waals surface area contributed by atoms with Gasteiger partial charge >= 0.3 is 12.5 Å².